The molecule has 0 bridgehead atoms. The van der Waals surface area contributed by atoms with Gasteiger partial charge < -0.3 is 14.2 Å². The molecule has 29 heavy (non-hydrogen) atoms. The molecule has 0 N–H and O–H groups in total. The number of benzene rings is 2. The van der Waals surface area contributed by atoms with Gasteiger partial charge in [0.15, 0.2) is 0 Å². The van der Waals surface area contributed by atoms with Crippen molar-refractivity contribution in [3.8, 4) is 17.2 Å². The van der Waals surface area contributed by atoms with E-state index in [1.54, 1.807) is 25.6 Å². The molecule has 0 saturated carbocycles. The SMILES string of the molecule is COc1ccc(C2Oc3ccccc3C3CC(c4ccc(Br)s4)=NN32)c(OC)c1. The topological polar surface area (TPSA) is 43.3 Å². The third-order valence-corrected chi connectivity index (χ3v) is 6.94. The number of rotatable bonds is 4. The Labute approximate surface area is 181 Å². The Kier molecular flexibility index (Phi) is 4.72. The summed E-state index contributed by atoms with van der Waals surface area (Å²) in [4.78, 5) is 1.17. The van der Waals surface area contributed by atoms with E-state index in [-0.39, 0.29) is 12.3 Å². The number of hydrogen-bond donors (Lipinski definition) is 0. The second kappa shape index (κ2) is 7.39. The van der Waals surface area contributed by atoms with Crippen molar-refractivity contribution in [3.05, 3.63) is 74.4 Å². The van der Waals surface area contributed by atoms with Crippen molar-refractivity contribution in [1.29, 1.82) is 0 Å². The van der Waals surface area contributed by atoms with Gasteiger partial charge >= 0.3 is 0 Å². The number of hydrogen-bond acceptors (Lipinski definition) is 6. The first-order chi connectivity index (χ1) is 14.2. The molecule has 2 aliphatic heterocycles. The lowest BCUT2D eigenvalue weighted by molar-refractivity contribution is -0.0203. The van der Waals surface area contributed by atoms with Crippen molar-refractivity contribution in [2.75, 3.05) is 14.2 Å². The van der Waals surface area contributed by atoms with E-state index in [4.69, 9.17) is 19.3 Å². The molecule has 2 unspecified atom stereocenters. The van der Waals surface area contributed by atoms with E-state index in [1.165, 1.54) is 4.88 Å². The number of nitrogens with zero attached hydrogens (tertiary/aromatic N) is 2. The zero-order chi connectivity index (χ0) is 20.0. The molecule has 3 aromatic rings. The fourth-order valence-corrected chi connectivity index (χ4v) is 5.26. The normalized spacial score (nSPS) is 19.8. The minimum atomic E-state index is -0.378. The Morgan fingerprint density at radius 2 is 1.93 bits per heavy atom. The van der Waals surface area contributed by atoms with Gasteiger partial charge in [0.2, 0.25) is 6.23 Å². The van der Waals surface area contributed by atoms with Gasteiger partial charge in [-0.2, -0.15) is 5.10 Å². The molecule has 0 spiro atoms. The summed E-state index contributed by atoms with van der Waals surface area (Å²) in [5, 5.41) is 7.06. The molecule has 5 nitrogen and oxygen atoms in total. The maximum Gasteiger partial charge on any atom is 0.217 e. The van der Waals surface area contributed by atoms with E-state index < -0.39 is 0 Å². The zero-order valence-electron chi connectivity index (χ0n) is 16.0. The highest BCUT2D eigenvalue weighted by Crippen LogP contribution is 2.49. The summed E-state index contributed by atoms with van der Waals surface area (Å²) in [6, 6.07) is 18.3. The number of para-hydroxylation sites is 1. The van der Waals surface area contributed by atoms with Crippen LogP contribution in [-0.4, -0.2) is 24.9 Å². The van der Waals surface area contributed by atoms with Crippen molar-refractivity contribution in [3.63, 3.8) is 0 Å². The zero-order valence-corrected chi connectivity index (χ0v) is 18.4. The first-order valence-electron chi connectivity index (χ1n) is 9.27. The number of hydrazone groups is 1. The second-order valence-electron chi connectivity index (χ2n) is 6.87. The van der Waals surface area contributed by atoms with Gasteiger partial charge in [-0.3, -0.25) is 0 Å². The average molecular weight is 471 g/mol. The Hall–Kier alpha value is -2.51. The summed E-state index contributed by atoms with van der Waals surface area (Å²) in [5.74, 6) is 2.35. The molecule has 0 aliphatic carbocycles. The molecule has 0 radical (unpaired) electrons. The first-order valence-corrected chi connectivity index (χ1v) is 10.9. The predicted octanol–water partition coefficient (Wildman–Crippen LogP) is 5.77. The minimum absolute atomic E-state index is 0.118. The number of thiophene rings is 1. The van der Waals surface area contributed by atoms with Gasteiger partial charge in [-0.25, -0.2) is 5.01 Å². The molecule has 5 rings (SSSR count). The third kappa shape index (κ3) is 3.18. The standard InChI is InChI=1S/C22H19BrN2O3S/c1-26-13-7-8-15(19(11-13)27-2)22-25-17(14-5-3-4-6-18(14)28-22)12-16(24-25)20-9-10-21(23)29-20/h3-11,17,22H,12H2,1-2H3. The van der Waals surface area contributed by atoms with Crippen LogP contribution in [0, 0.1) is 0 Å². The van der Waals surface area contributed by atoms with E-state index in [9.17, 15) is 0 Å². The molecule has 2 atom stereocenters. The van der Waals surface area contributed by atoms with Crippen molar-refractivity contribution in [1.82, 2.24) is 5.01 Å². The van der Waals surface area contributed by atoms with Crippen molar-refractivity contribution >= 4 is 33.0 Å². The highest BCUT2D eigenvalue weighted by molar-refractivity contribution is 9.11. The monoisotopic (exact) mass is 470 g/mol. The van der Waals surface area contributed by atoms with Crippen molar-refractivity contribution < 1.29 is 14.2 Å². The Balaban J connectivity index is 1.61. The smallest absolute Gasteiger partial charge is 0.217 e. The summed E-state index contributed by atoms with van der Waals surface area (Å²) >= 11 is 5.26. The van der Waals surface area contributed by atoms with Crippen LogP contribution in [-0.2, 0) is 0 Å². The fraction of sp³-hybridized carbons (Fsp3) is 0.227. The molecular weight excluding hydrogens is 452 g/mol. The van der Waals surface area contributed by atoms with Crippen molar-refractivity contribution in [2.45, 2.75) is 18.7 Å². The maximum absolute atomic E-state index is 6.43. The summed E-state index contributed by atoms with van der Waals surface area (Å²) in [7, 11) is 3.31. The van der Waals surface area contributed by atoms with Gasteiger partial charge in [-0.05, 0) is 46.3 Å². The predicted molar refractivity (Wildman–Crippen MR) is 117 cm³/mol. The summed E-state index contributed by atoms with van der Waals surface area (Å²) in [5.41, 5.74) is 3.15. The summed E-state index contributed by atoms with van der Waals surface area (Å²) in [6.07, 6.45) is 0.458. The summed E-state index contributed by atoms with van der Waals surface area (Å²) < 4.78 is 18.5. The van der Waals surface area contributed by atoms with Crippen LogP contribution in [0.15, 0.2) is 63.5 Å². The molecule has 2 aromatic carbocycles. The first kappa shape index (κ1) is 18.5. The van der Waals surface area contributed by atoms with Gasteiger partial charge in [0.25, 0.3) is 0 Å². The van der Waals surface area contributed by atoms with Crippen LogP contribution in [0.5, 0.6) is 17.2 Å². The van der Waals surface area contributed by atoms with Crippen LogP contribution < -0.4 is 14.2 Å². The molecule has 0 saturated heterocycles. The molecule has 0 fully saturated rings. The van der Waals surface area contributed by atoms with Crippen LogP contribution >= 0.6 is 27.3 Å². The van der Waals surface area contributed by atoms with Crippen LogP contribution in [0.2, 0.25) is 0 Å². The lowest BCUT2D eigenvalue weighted by Gasteiger charge is -2.38. The quantitative estimate of drug-likeness (QED) is 0.485. The van der Waals surface area contributed by atoms with Gasteiger partial charge in [0, 0.05) is 18.1 Å². The van der Waals surface area contributed by atoms with Gasteiger partial charge in [0.1, 0.15) is 17.2 Å². The van der Waals surface area contributed by atoms with Gasteiger partial charge in [-0.1, -0.05) is 18.2 Å². The molecule has 7 heteroatoms. The lowest BCUT2D eigenvalue weighted by atomic mass is 9.97. The van der Waals surface area contributed by atoms with Gasteiger partial charge in [0.05, 0.1) is 40.2 Å². The molecule has 2 aliphatic rings. The highest BCUT2D eigenvalue weighted by atomic mass is 79.9. The van der Waals surface area contributed by atoms with E-state index >= 15 is 0 Å². The molecule has 0 amide bonds. The number of fused-ring (bicyclic) bond motifs is 3. The van der Waals surface area contributed by atoms with Crippen LogP contribution in [0.4, 0.5) is 0 Å². The summed E-state index contributed by atoms with van der Waals surface area (Å²) in [6.45, 7) is 0. The molecular formula is C22H19BrN2O3S. The van der Waals surface area contributed by atoms with E-state index in [0.29, 0.717) is 0 Å². The Morgan fingerprint density at radius 1 is 1.07 bits per heavy atom. The molecule has 148 valence electrons. The van der Waals surface area contributed by atoms with Crippen molar-refractivity contribution in [2.24, 2.45) is 5.10 Å². The Bertz CT molecular complexity index is 1100. The largest absolute Gasteiger partial charge is 0.497 e. The number of halogens is 1. The molecule has 3 heterocycles. The Morgan fingerprint density at radius 3 is 2.69 bits per heavy atom. The van der Waals surface area contributed by atoms with Crippen LogP contribution in [0.1, 0.15) is 34.7 Å². The molecule has 1 aromatic heterocycles. The van der Waals surface area contributed by atoms with Crippen LogP contribution in [0.25, 0.3) is 0 Å². The fourth-order valence-electron chi connectivity index (χ4n) is 3.88. The van der Waals surface area contributed by atoms with E-state index in [0.717, 1.165) is 44.3 Å². The van der Waals surface area contributed by atoms with E-state index in [2.05, 4.69) is 39.1 Å². The van der Waals surface area contributed by atoms with E-state index in [1.807, 2.05) is 36.4 Å². The minimum Gasteiger partial charge on any atom is -0.497 e. The maximum atomic E-state index is 6.43. The third-order valence-electron chi connectivity index (χ3n) is 5.26. The lowest BCUT2D eigenvalue weighted by Crippen LogP contribution is -2.33. The number of methoxy groups -OCH3 is 2. The van der Waals surface area contributed by atoms with Crippen LogP contribution in [0.3, 0.4) is 0 Å². The second-order valence-corrected chi connectivity index (χ2v) is 9.33. The number of ether oxygens (including phenoxy) is 3. The van der Waals surface area contributed by atoms with Gasteiger partial charge in [-0.15, -0.1) is 11.3 Å². The highest BCUT2D eigenvalue weighted by Gasteiger charge is 2.42. The average Bonchev–Trinajstić information content (AvgIpc) is 3.39.